The molecule has 0 radical (unpaired) electrons. The summed E-state index contributed by atoms with van der Waals surface area (Å²) in [6.07, 6.45) is 1.65. The number of aliphatic imine (C=N–C) groups is 1. The third-order valence-electron chi connectivity index (χ3n) is 2.13. The van der Waals surface area contributed by atoms with E-state index in [1.165, 1.54) is 7.11 Å². The smallest absolute Gasteiger partial charge is 0.357 e. The summed E-state index contributed by atoms with van der Waals surface area (Å²) in [5, 5.41) is 1.57. The molecule has 0 amide bonds. The van der Waals surface area contributed by atoms with E-state index in [-0.39, 0.29) is 12.4 Å². The first kappa shape index (κ1) is 11.5. The Labute approximate surface area is 93.2 Å². The number of carbonyl (C=O) groups excluding carboxylic acids is 1. The summed E-state index contributed by atoms with van der Waals surface area (Å²) in [4.78, 5) is 15.3. The van der Waals surface area contributed by atoms with Crippen molar-refractivity contribution < 1.29 is 9.53 Å². The number of esters is 1. The second-order valence-corrected chi connectivity index (χ2v) is 2.98. The average molecular weight is 224 g/mol. The molecule has 15 heavy (non-hydrogen) atoms. The van der Waals surface area contributed by atoms with Gasteiger partial charge in [-0.15, -0.1) is 12.4 Å². The van der Waals surface area contributed by atoms with Gasteiger partial charge >= 0.3 is 5.97 Å². The van der Waals surface area contributed by atoms with E-state index in [0.717, 1.165) is 16.0 Å². The third kappa shape index (κ3) is 1.78. The van der Waals surface area contributed by atoms with Crippen molar-refractivity contribution in [3.63, 3.8) is 0 Å². The van der Waals surface area contributed by atoms with Crippen LogP contribution in [0.15, 0.2) is 23.2 Å². The van der Waals surface area contributed by atoms with Crippen molar-refractivity contribution in [2.45, 2.75) is 0 Å². The Morgan fingerprint density at radius 3 is 2.87 bits per heavy atom. The highest BCUT2D eigenvalue weighted by molar-refractivity contribution is 6.14. The molecule has 0 aliphatic carbocycles. The van der Waals surface area contributed by atoms with Crippen molar-refractivity contribution in [3.8, 4) is 0 Å². The fraction of sp³-hybridized carbons (Fsp3) is 0.0909. The first-order valence-corrected chi connectivity index (χ1v) is 4.18. The largest absolute Gasteiger partial charge is 0.464 e. The van der Waals surface area contributed by atoms with Crippen LogP contribution in [0.25, 0.3) is 12.3 Å². The molecule has 1 aliphatic rings. The van der Waals surface area contributed by atoms with Crippen molar-refractivity contribution in [2.75, 3.05) is 7.11 Å². The zero-order valence-corrected chi connectivity index (χ0v) is 9.00. The van der Waals surface area contributed by atoms with E-state index in [0.29, 0.717) is 5.70 Å². The van der Waals surface area contributed by atoms with Gasteiger partial charge in [-0.05, 0) is 5.22 Å². The zero-order valence-electron chi connectivity index (χ0n) is 8.19. The van der Waals surface area contributed by atoms with E-state index >= 15 is 0 Å². The van der Waals surface area contributed by atoms with Gasteiger partial charge in [-0.3, -0.25) is 0 Å². The van der Waals surface area contributed by atoms with Gasteiger partial charge in [-0.25, -0.2) is 9.79 Å². The normalized spacial score (nSPS) is 11.9. The SMILES string of the molecule is C=c1cccc2c1=C(C(=O)OC)N=C2.Cl. The molecule has 0 N–H and O–H groups in total. The van der Waals surface area contributed by atoms with E-state index in [1.54, 1.807) is 6.21 Å². The van der Waals surface area contributed by atoms with Gasteiger partial charge in [0.1, 0.15) is 0 Å². The fourth-order valence-electron chi connectivity index (χ4n) is 1.47. The number of halogens is 1. The van der Waals surface area contributed by atoms with Crippen molar-refractivity contribution >= 4 is 36.9 Å². The molecule has 0 saturated carbocycles. The lowest BCUT2D eigenvalue weighted by Crippen LogP contribution is -2.28. The molecule has 0 fully saturated rings. The van der Waals surface area contributed by atoms with Crippen LogP contribution in [0.5, 0.6) is 0 Å². The Morgan fingerprint density at radius 2 is 2.20 bits per heavy atom. The van der Waals surface area contributed by atoms with Crippen LogP contribution in [0.3, 0.4) is 0 Å². The number of ether oxygens (including phenoxy) is 1. The number of carbonyl (C=O) groups is 1. The quantitative estimate of drug-likeness (QED) is 0.640. The average Bonchev–Trinajstić information content (AvgIpc) is 2.62. The van der Waals surface area contributed by atoms with Gasteiger partial charge in [0.2, 0.25) is 0 Å². The van der Waals surface area contributed by atoms with E-state index in [1.807, 2.05) is 18.2 Å². The number of fused-ring (bicyclic) bond motifs is 1. The molecule has 3 nitrogen and oxygen atoms in total. The Morgan fingerprint density at radius 1 is 1.47 bits per heavy atom. The van der Waals surface area contributed by atoms with E-state index in [4.69, 9.17) is 0 Å². The van der Waals surface area contributed by atoms with Crippen LogP contribution >= 0.6 is 12.4 Å². The molecular formula is C11H10ClNO2. The molecule has 0 saturated heterocycles. The Balaban J connectivity index is 0.00000112. The van der Waals surface area contributed by atoms with Crippen molar-refractivity contribution in [3.05, 3.63) is 34.2 Å². The van der Waals surface area contributed by atoms with Crippen molar-refractivity contribution in [2.24, 2.45) is 4.99 Å². The van der Waals surface area contributed by atoms with Crippen molar-refractivity contribution in [1.29, 1.82) is 0 Å². The summed E-state index contributed by atoms with van der Waals surface area (Å²) in [6.45, 7) is 3.85. The first-order valence-electron chi connectivity index (χ1n) is 4.18. The minimum absolute atomic E-state index is 0. The highest BCUT2D eigenvalue weighted by atomic mass is 35.5. The summed E-state index contributed by atoms with van der Waals surface area (Å²) >= 11 is 0. The Bertz CT molecular complexity index is 534. The molecule has 0 bridgehead atoms. The highest BCUT2D eigenvalue weighted by Crippen LogP contribution is 2.04. The van der Waals surface area contributed by atoms with Gasteiger partial charge in [0.25, 0.3) is 0 Å². The molecule has 4 heteroatoms. The number of benzene rings is 1. The molecular weight excluding hydrogens is 214 g/mol. The van der Waals surface area contributed by atoms with Crippen LogP contribution in [-0.2, 0) is 9.53 Å². The number of rotatable bonds is 1. The highest BCUT2D eigenvalue weighted by Gasteiger charge is 2.15. The molecule has 2 rings (SSSR count). The van der Waals surface area contributed by atoms with E-state index in [9.17, 15) is 4.79 Å². The summed E-state index contributed by atoms with van der Waals surface area (Å²) in [5.74, 6) is -0.420. The number of methoxy groups -OCH3 is 1. The summed E-state index contributed by atoms with van der Waals surface area (Å²) < 4.78 is 4.63. The van der Waals surface area contributed by atoms with E-state index < -0.39 is 5.97 Å². The molecule has 0 atom stereocenters. The second-order valence-electron chi connectivity index (χ2n) is 2.98. The molecule has 1 aromatic carbocycles. The summed E-state index contributed by atoms with van der Waals surface area (Å²) in [6, 6.07) is 5.62. The van der Waals surface area contributed by atoms with Gasteiger partial charge < -0.3 is 4.74 Å². The maximum Gasteiger partial charge on any atom is 0.357 e. The Hall–Kier alpha value is -1.61. The van der Waals surface area contributed by atoms with Crippen LogP contribution in [0.1, 0.15) is 5.56 Å². The number of hydrogen-bond donors (Lipinski definition) is 0. The topological polar surface area (TPSA) is 38.7 Å². The van der Waals surface area contributed by atoms with E-state index in [2.05, 4.69) is 16.3 Å². The predicted octanol–water partition coefficient (Wildman–Crippen LogP) is 0.232. The lowest BCUT2D eigenvalue weighted by Gasteiger charge is -1.96. The number of nitrogens with zero attached hydrogens (tertiary/aromatic N) is 1. The monoisotopic (exact) mass is 223 g/mol. The van der Waals surface area contributed by atoms with Crippen LogP contribution < -0.4 is 10.4 Å². The maximum absolute atomic E-state index is 11.3. The molecule has 1 aromatic rings. The second kappa shape index (κ2) is 4.28. The number of hydrogen-bond acceptors (Lipinski definition) is 3. The predicted molar refractivity (Wildman–Crippen MR) is 61.5 cm³/mol. The molecule has 1 aliphatic heterocycles. The summed E-state index contributed by atoms with van der Waals surface area (Å²) in [5.41, 5.74) is 1.26. The molecule has 1 heterocycles. The minimum atomic E-state index is -0.420. The third-order valence-corrected chi connectivity index (χ3v) is 2.13. The molecule has 0 aromatic heterocycles. The van der Waals surface area contributed by atoms with Gasteiger partial charge in [0.15, 0.2) is 5.70 Å². The van der Waals surface area contributed by atoms with Gasteiger partial charge in [-0.2, -0.15) is 0 Å². The maximum atomic E-state index is 11.3. The van der Waals surface area contributed by atoms with Crippen LogP contribution in [0.4, 0.5) is 0 Å². The molecule has 78 valence electrons. The lowest BCUT2D eigenvalue weighted by molar-refractivity contribution is -0.133. The van der Waals surface area contributed by atoms with Gasteiger partial charge in [0.05, 0.1) is 7.11 Å². The Kier molecular flexibility index (Phi) is 3.27. The minimum Gasteiger partial charge on any atom is -0.464 e. The van der Waals surface area contributed by atoms with Crippen LogP contribution in [0, 0.1) is 0 Å². The zero-order chi connectivity index (χ0) is 10.1. The fourth-order valence-corrected chi connectivity index (χ4v) is 1.47. The first-order chi connectivity index (χ1) is 6.74. The molecule has 0 unspecified atom stereocenters. The van der Waals surface area contributed by atoms with Gasteiger partial charge in [-0.1, -0.05) is 24.8 Å². The van der Waals surface area contributed by atoms with Crippen molar-refractivity contribution in [1.82, 2.24) is 0 Å². The van der Waals surface area contributed by atoms with Crippen LogP contribution in [-0.4, -0.2) is 19.3 Å². The molecule has 0 spiro atoms. The van der Waals surface area contributed by atoms with Crippen LogP contribution in [0.2, 0.25) is 0 Å². The summed E-state index contributed by atoms with van der Waals surface area (Å²) in [7, 11) is 1.34. The standard InChI is InChI=1S/C11H9NO2.ClH/c1-7-4-3-5-8-6-12-10(9(7)8)11(13)14-2;/h3-6H,1H2,2H3;1H. The van der Waals surface area contributed by atoms with Gasteiger partial charge in [0, 0.05) is 17.0 Å². The lowest BCUT2D eigenvalue weighted by atomic mass is 10.1.